The first-order valence-corrected chi connectivity index (χ1v) is 14.4. The Hall–Kier alpha value is -2.91. The third-order valence-electron chi connectivity index (χ3n) is 9.00. The molecule has 2 bridgehead atoms. The van der Waals surface area contributed by atoms with Crippen LogP contribution in [0.15, 0.2) is 47.5 Å². The standard InChI is InChI=1S/C29H22Cl4N2O6/c1-4-41-28(40)21-11(2)18-19-22(26(38)34(24(19)36)12-5-7-14(30)16(32)9-12)29(21,3)23-20(18)25(37)35(27(23)39)13-6-8-15(31)17(33)10-13/h5-10,18-20,22-23H,4H2,1-3H3/t18?,19-,20-,22-,23+,29?/m1/s1. The molecule has 2 aromatic carbocycles. The fourth-order valence-electron chi connectivity index (χ4n) is 7.57. The molecule has 7 rings (SSSR count). The van der Waals surface area contributed by atoms with Crippen molar-refractivity contribution in [3.05, 3.63) is 67.6 Å². The number of carbonyl (C=O) groups is 5. The molecule has 1 saturated carbocycles. The van der Waals surface area contributed by atoms with Gasteiger partial charge in [0.25, 0.3) is 0 Å². The zero-order valence-electron chi connectivity index (χ0n) is 21.9. The van der Waals surface area contributed by atoms with E-state index in [2.05, 4.69) is 0 Å². The van der Waals surface area contributed by atoms with Crippen LogP contribution in [0.1, 0.15) is 20.8 Å². The molecule has 2 unspecified atom stereocenters. The van der Waals surface area contributed by atoms with Crippen molar-refractivity contribution in [1.82, 2.24) is 0 Å². The molecule has 0 N–H and O–H groups in total. The zero-order chi connectivity index (χ0) is 29.7. The van der Waals surface area contributed by atoms with Gasteiger partial charge in [0.2, 0.25) is 23.6 Å². The second-order valence-corrected chi connectivity index (χ2v) is 12.4. The maximum absolute atomic E-state index is 14.2. The van der Waals surface area contributed by atoms with E-state index >= 15 is 0 Å². The summed E-state index contributed by atoms with van der Waals surface area (Å²) in [6.07, 6.45) is 0. The Balaban J connectivity index is 1.54. The Morgan fingerprint density at radius 3 is 1.59 bits per heavy atom. The molecular formula is C29H22Cl4N2O6. The maximum atomic E-state index is 14.2. The number of imide groups is 2. The molecule has 2 aliphatic heterocycles. The summed E-state index contributed by atoms with van der Waals surface area (Å²) in [5.41, 5.74) is -0.496. The summed E-state index contributed by atoms with van der Waals surface area (Å²) in [4.78, 5) is 72.1. The van der Waals surface area contributed by atoms with Crippen LogP contribution in [-0.2, 0) is 28.7 Å². The highest BCUT2D eigenvalue weighted by molar-refractivity contribution is 6.43. The number of amides is 4. The average Bonchev–Trinajstić information content (AvgIpc) is 3.34. The number of carbonyl (C=O) groups excluding carboxylic acids is 5. The second kappa shape index (κ2) is 9.56. The first-order chi connectivity index (χ1) is 19.4. The number of anilines is 2. The van der Waals surface area contributed by atoms with E-state index in [9.17, 15) is 24.0 Å². The Bertz CT molecular complexity index is 1540. The minimum atomic E-state index is -1.53. The molecule has 12 heteroatoms. The number of benzene rings is 2. The largest absolute Gasteiger partial charge is 0.463 e. The van der Waals surface area contributed by atoms with Crippen LogP contribution in [0.5, 0.6) is 0 Å². The van der Waals surface area contributed by atoms with Crippen molar-refractivity contribution in [1.29, 1.82) is 0 Å². The lowest BCUT2D eigenvalue weighted by molar-refractivity contribution is -0.155. The fraction of sp³-hybridized carbons (Fsp3) is 0.345. The van der Waals surface area contributed by atoms with E-state index in [1.54, 1.807) is 20.8 Å². The summed E-state index contributed by atoms with van der Waals surface area (Å²) in [6, 6.07) is 8.78. The lowest BCUT2D eigenvalue weighted by Gasteiger charge is -2.55. The molecule has 3 aliphatic carbocycles. The van der Waals surface area contributed by atoms with Crippen molar-refractivity contribution in [2.75, 3.05) is 16.4 Å². The molecule has 212 valence electrons. The van der Waals surface area contributed by atoms with E-state index in [4.69, 9.17) is 51.1 Å². The number of halogens is 4. The van der Waals surface area contributed by atoms with Crippen molar-refractivity contribution >= 4 is 87.4 Å². The van der Waals surface area contributed by atoms with Crippen molar-refractivity contribution < 1.29 is 28.7 Å². The summed E-state index contributed by atoms with van der Waals surface area (Å²) in [7, 11) is 0. The number of hydrogen-bond acceptors (Lipinski definition) is 6. The van der Waals surface area contributed by atoms with Crippen LogP contribution in [0.25, 0.3) is 0 Å². The lowest BCUT2D eigenvalue weighted by atomic mass is 9.43. The molecular weight excluding hydrogens is 614 g/mol. The lowest BCUT2D eigenvalue weighted by Crippen LogP contribution is -2.61. The summed E-state index contributed by atoms with van der Waals surface area (Å²) < 4.78 is 5.39. The molecule has 8 nitrogen and oxygen atoms in total. The predicted octanol–water partition coefficient (Wildman–Crippen LogP) is 5.74. The minimum Gasteiger partial charge on any atom is -0.463 e. The zero-order valence-corrected chi connectivity index (χ0v) is 24.9. The van der Waals surface area contributed by atoms with Crippen molar-refractivity contribution in [3.8, 4) is 0 Å². The number of ether oxygens (including phenoxy) is 1. The molecule has 0 spiro atoms. The van der Waals surface area contributed by atoms with E-state index < -0.39 is 64.6 Å². The van der Waals surface area contributed by atoms with Gasteiger partial charge in [-0.15, -0.1) is 0 Å². The molecule has 2 saturated heterocycles. The van der Waals surface area contributed by atoms with E-state index in [0.717, 1.165) is 9.80 Å². The van der Waals surface area contributed by atoms with Crippen LogP contribution in [-0.4, -0.2) is 36.2 Å². The Morgan fingerprint density at radius 1 is 0.756 bits per heavy atom. The number of nitrogens with zero attached hydrogens (tertiary/aromatic N) is 2. The number of allylic oxidation sites excluding steroid dienone is 1. The van der Waals surface area contributed by atoms with Crippen LogP contribution < -0.4 is 9.80 Å². The third-order valence-corrected chi connectivity index (χ3v) is 10.5. The number of rotatable bonds is 4. The summed E-state index contributed by atoms with van der Waals surface area (Å²) in [5, 5.41) is 0.785. The van der Waals surface area contributed by atoms with Gasteiger partial charge in [-0.1, -0.05) is 58.9 Å². The van der Waals surface area contributed by atoms with E-state index in [1.807, 2.05) is 0 Å². The number of hydrogen-bond donors (Lipinski definition) is 0. The monoisotopic (exact) mass is 634 g/mol. The molecule has 0 radical (unpaired) electrons. The highest BCUT2D eigenvalue weighted by atomic mass is 35.5. The van der Waals surface area contributed by atoms with Gasteiger partial charge in [-0.05, 0) is 50.2 Å². The Labute approximate surface area is 255 Å². The highest BCUT2D eigenvalue weighted by Gasteiger charge is 2.77. The molecule has 3 fully saturated rings. The summed E-state index contributed by atoms with van der Waals surface area (Å²) in [6.45, 7) is 4.99. The third kappa shape index (κ3) is 3.63. The predicted molar refractivity (Wildman–Crippen MR) is 153 cm³/mol. The molecule has 6 atom stereocenters. The highest BCUT2D eigenvalue weighted by Crippen LogP contribution is 2.69. The van der Waals surface area contributed by atoms with Gasteiger partial charge in [-0.25, -0.2) is 14.6 Å². The number of esters is 1. The van der Waals surface area contributed by atoms with Gasteiger partial charge >= 0.3 is 5.97 Å². The average molecular weight is 636 g/mol. The van der Waals surface area contributed by atoms with Gasteiger partial charge in [-0.2, -0.15) is 0 Å². The molecule has 4 amide bonds. The second-order valence-electron chi connectivity index (χ2n) is 10.8. The van der Waals surface area contributed by atoms with Gasteiger partial charge in [0.1, 0.15) is 0 Å². The van der Waals surface area contributed by atoms with Gasteiger partial charge < -0.3 is 4.74 Å². The van der Waals surface area contributed by atoms with Gasteiger partial charge in [0.05, 0.1) is 61.7 Å². The van der Waals surface area contributed by atoms with Gasteiger partial charge in [0.15, 0.2) is 0 Å². The Kier molecular flexibility index (Phi) is 6.58. The summed E-state index contributed by atoms with van der Waals surface area (Å²) >= 11 is 24.6. The molecule has 2 heterocycles. The van der Waals surface area contributed by atoms with Crippen LogP contribution in [0.2, 0.25) is 20.1 Å². The van der Waals surface area contributed by atoms with E-state index in [0.29, 0.717) is 5.57 Å². The maximum Gasteiger partial charge on any atom is 0.334 e. The van der Waals surface area contributed by atoms with Gasteiger partial charge in [0, 0.05) is 16.9 Å². The topological polar surface area (TPSA) is 101 Å². The quantitative estimate of drug-likeness (QED) is 0.314. The summed E-state index contributed by atoms with van der Waals surface area (Å²) in [5.74, 6) is -8.05. The normalized spacial score (nSPS) is 30.4. The molecule has 2 aromatic rings. The smallest absolute Gasteiger partial charge is 0.334 e. The van der Waals surface area contributed by atoms with Gasteiger partial charge in [-0.3, -0.25) is 19.2 Å². The fourth-order valence-corrected chi connectivity index (χ4v) is 8.15. The van der Waals surface area contributed by atoms with Crippen LogP contribution in [0.4, 0.5) is 11.4 Å². The van der Waals surface area contributed by atoms with Crippen molar-refractivity contribution in [2.45, 2.75) is 20.8 Å². The molecule has 0 aromatic heterocycles. The molecule has 41 heavy (non-hydrogen) atoms. The van der Waals surface area contributed by atoms with Crippen molar-refractivity contribution in [3.63, 3.8) is 0 Å². The first kappa shape index (κ1) is 28.2. The van der Waals surface area contributed by atoms with Crippen LogP contribution >= 0.6 is 46.4 Å². The Morgan fingerprint density at radius 2 is 1.20 bits per heavy atom. The molecule has 5 aliphatic rings. The van der Waals surface area contributed by atoms with Crippen molar-refractivity contribution in [2.24, 2.45) is 35.0 Å². The minimum absolute atomic E-state index is 0.0586. The van der Waals surface area contributed by atoms with Crippen LogP contribution in [0.3, 0.4) is 0 Å². The van der Waals surface area contributed by atoms with E-state index in [1.165, 1.54) is 36.4 Å². The van der Waals surface area contributed by atoms with Crippen LogP contribution in [0, 0.1) is 35.0 Å². The SMILES string of the molecule is CCOC(=O)C1=C(C)C2[C@H]3C(=O)N(c4ccc(Cl)c(Cl)c4)C(=O)[C@H]3C1(C)[C@H]1C(=O)N(c3ccc(Cl)c(Cl)c3)C(=O)[C@H]21. The van der Waals surface area contributed by atoms with E-state index in [-0.39, 0.29) is 43.6 Å². The first-order valence-electron chi connectivity index (χ1n) is 12.9.